The van der Waals surface area contributed by atoms with Crippen molar-refractivity contribution in [3.8, 4) is 0 Å². The summed E-state index contributed by atoms with van der Waals surface area (Å²) in [6.07, 6.45) is 1.72. The van der Waals surface area contributed by atoms with Gasteiger partial charge in [0.15, 0.2) is 11.6 Å². The summed E-state index contributed by atoms with van der Waals surface area (Å²) in [5, 5.41) is 7.62. The summed E-state index contributed by atoms with van der Waals surface area (Å²) >= 11 is 1.35. The van der Waals surface area contributed by atoms with Gasteiger partial charge in [0.2, 0.25) is 41.4 Å². The number of sulfonamides is 1. The van der Waals surface area contributed by atoms with Crippen LogP contribution in [0.5, 0.6) is 0 Å². The molecule has 0 saturated carbocycles. The number of methoxy groups -OCH3 is 2. The van der Waals surface area contributed by atoms with Crippen LogP contribution in [0.4, 0.5) is 10.5 Å². The van der Waals surface area contributed by atoms with Gasteiger partial charge in [-0.05, 0) is 106 Å². The third kappa shape index (κ3) is 27.6. The van der Waals surface area contributed by atoms with Crippen LogP contribution < -0.4 is 26.4 Å². The molecule has 9 amide bonds. The van der Waals surface area contributed by atoms with Crippen molar-refractivity contribution in [2.24, 2.45) is 53.1 Å². The number of nitrogens with zero attached hydrogens (tertiary/aromatic N) is 4. The first kappa shape index (κ1) is 88.7. The van der Waals surface area contributed by atoms with Crippen LogP contribution in [0.25, 0.3) is 0 Å². The van der Waals surface area contributed by atoms with Crippen LogP contribution in [0.15, 0.2) is 59.5 Å². The monoisotopic (exact) mass is 1480 g/mol. The first-order valence-corrected chi connectivity index (χ1v) is 38.8. The molecule has 2 heterocycles. The Hall–Kier alpha value is -6.73. The predicted molar refractivity (Wildman–Crippen MR) is 392 cm³/mol. The molecule has 2 saturated heterocycles. The van der Waals surface area contributed by atoms with E-state index >= 15 is 0 Å². The van der Waals surface area contributed by atoms with Gasteiger partial charge in [0, 0.05) is 95.8 Å². The van der Waals surface area contributed by atoms with E-state index in [0.717, 1.165) is 0 Å². The molecule has 1 unspecified atom stereocenters. The molecule has 0 aromatic heterocycles. The minimum Gasteiger partial charge on any atom is -0.379 e. The fraction of sp³-hybridized carbons (Fsp3) is 0.689. The minimum absolute atomic E-state index is 0.0115. The largest absolute Gasteiger partial charge is 0.379 e. The maximum atomic E-state index is 14.7. The number of rotatable bonds is 49. The Labute approximate surface area is 614 Å². The fourth-order valence-corrected chi connectivity index (χ4v) is 15.4. The Morgan fingerprint density at radius 1 is 0.728 bits per heavy atom. The molecule has 578 valence electrons. The van der Waals surface area contributed by atoms with Crippen molar-refractivity contribution in [1.29, 1.82) is 0 Å². The molecule has 6 N–H and O–H groups in total. The molecule has 0 bridgehead atoms. The van der Waals surface area contributed by atoms with Crippen molar-refractivity contribution >= 4 is 92.2 Å². The van der Waals surface area contributed by atoms with Crippen molar-refractivity contribution in [2.75, 3.05) is 106 Å². The van der Waals surface area contributed by atoms with Crippen LogP contribution in [0.1, 0.15) is 139 Å². The maximum Gasteiger partial charge on any atom is 0.312 e. The molecule has 2 aliphatic heterocycles. The van der Waals surface area contributed by atoms with Crippen LogP contribution in [0.3, 0.4) is 0 Å². The molecule has 2 aromatic rings. The molecule has 27 nitrogen and oxygen atoms in total. The number of nitrogens with two attached hydrogens (primary N) is 1. The van der Waals surface area contributed by atoms with E-state index in [9.17, 15) is 61.2 Å². The molecule has 2 aromatic carbocycles. The number of likely N-dealkylation sites (tertiary alicyclic amines) is 2. The number of carbonyl (C=O) groups is 11. The van der Waals surface area contributed by atoms with Gasteiger partial charge in [-0.25, -0.2) is 17.9 Å². The van der Waals surface area contributed by atoms with E-state index in [2.05, 4.69) is 20.7 Å². The number of ketones is 3. The summed E-state index contributed by atoms with van der Waals surface area (Å²) in [6.45, 7) is 18.7. The van der Waals surface area contributed by atoms with Gasteiger partial charge in [-0.1, -0.05) is 99.1 Å². The number of likely N-dealkylation sites (N-methyl/N-ethyl adjacent to an activating group) is 2. The van der Waals surface area contributed by atoms with Gasteiger partial charge in [-0.2, -0.15) is 11.8 Å². The van der Waals surface area contributed by atoms with E-state index in [-0.39, 0.29) is 179 Å². The van der Waals surface area contributed by atoms with Crippen molar-refractivity contribution < 1.29 is 84.8 Å². The number of imide groups is 1. The van der Waals surface area contributed by atoms with Crippen LogP contribution in [-0.2, 0) is 88.1 Å². The molecular weight excluding hydrogens is 1370 g/mol. The average molecular weight is 1480 g/mol. The van der Waals surface area contributed by atoms with E-state index in [1.165, 1.54) is 55.1 Å². The quantitative estimate of drug-likeness (QED) is 0.0370. The highest BCUT2D eigenvalue weighted by molar-refractivity contribution is 8.00. The lowest BCUT2D eigenvalue weighted by Crippen LogP contribution is -2.54. The second kappa shape index (κ2) is 44.3. The molecule has 2 aliphatic rings. The Kier molecular flexibility index (Phi) is 38.1. The van der Waals surface area contributed by atoms with Crippen molar-refractivity contribution in [3.05, 3.63) is 60.2 Å². The number of hydrogen-bond donors (Lipinski definition) is 5. The summed E-state index contributed by atoms with van der Waals surface area (Å²) in [5.41, 5.74) is 6.09. The smallest absolute Gasteiger partial charge is 0.312 e. The van der Waals surface area contributed by atoms with Crippen molar-refractivity contribution in [1.82, 2.24) is 35.0 Å². The number of ether oxygens (including phenoxy) is 5. The van der Waals surface area contributed by atoms with Crippen LogP contribution in [0.2, 0.25) is 0 Å². The van der Waals surface area contributed by atoms with Gasteiger partial charge in [0.05, 0.1) is 99.1 Å². The number of amides is 9. The predicted octanol–water partition coefficient (Wildman–Crippen LogP) is 6.08. The van der Waals surface area contributed by atoms with Gasteiger partial charge < -0.3 is 55.2 Å². The van der Waals surface area contributed by atoms with Crippen LogP contribution >= 0.6 is 11.8 Å². The summed E-state index contributed by atoms with van der Waals surface area (Å²) in [7, 11) is 3.81. The number of Topliss-reactive ketones (excluding diaryl/α,β-unsaturated/α-hetero) is 3. The Morgan fingerprint density at radius 2 is 1.35 bits per heavy atom. The third-order valence-electron chi connectivity index (χ3n) is 19.6. The Morgan fingerprint density at radius 3 is 1.90 bits per heavy atom. The molecule has 0 radical (unpaired) electrons. The van der Waals surface area contributed by atoms with Gasteiger partial charge in [0.1, 0.15) is 5.78 Å². The second-order valence-corrected chi connectivity index (χ2v) is 31.0. The standard InChI is InChI=1S/C74H117N9O18S2/c1-16-49(8)68(81(12)72(92)56(46(2)3)43-60(86)67(48(6)7)80(10)11)61(97-13)44-64(88)82-32-21-25-57(82)69(98-14)50(9)58(84)42-53(40-51-22-18-17-19-23-51)71(91)79-103(95,96)55-28-26-54(27-29-55)77-70(90)52(24-20-31-76-74(75)94)41-59(85)66(47(4)5)78-63(87)30-34-99-36-38-101-39-37-100-35-33-83-65(89)45-62(102-15)73(83)93/h17-19,22-23,26-29,46-50,52-53,56-57,61-62,66-69H,16,20-21,24-25,30-45H2,1-15H3,(H,77,90)(H,78,87)(H,79,91)(H3,75,76,94)/t49-,50-,52+,53+,56-,57-,61+,62?,66-,67-,68-,69+/m0/s1. The van der Waals surface area contributed by atoms with Gasteiger partial charge in [-0.3, -0.25) is 57.7 Å². The molecule has 4 rings (SSSR count). The lowest BCUT2D eigenvalue weighted by molar-refractivity contribution is -0.149. The first-order valence-electron chi connectivity index (χ1n) is 36.0. The van der Waals surface area contributed by atoms with Crippen LogP contribution in [-0.4, -0.2) is 235 Å². The molecule has 103 heavy (non-hydrogen) atoms. The molecule has 12 atom stereocenters. The fourth-order valence-electron chi connectivity index (χ4n) is 13.7. The molecular formula is C74H117N9O18S2. The number of primary amides is 1. The summed E-state index contributed by atoms with van der Waals surface area (Å²) < 4.78 is 59.1. The Balaban J connectivity index is 1.40. The second-order valence-electron chi connectivity index (χ2n) is 28.3. The SMILES string of the molecule is CC[C@H](C)[C@@H]([C@@H](CC(=O)N1CCC[C@H]1[C@H](OC)[C@@H](C)C(=O)C[C@@H](Cc1ccccc1)C(=O)NS(=O)(=O)c1ccc(NC(=O)[C@H](CCCNC(N)=O)CC(=O)[C@@H](NC(=O)CCOCCOCCOCCN2C(=O)CC(SC)C2=O)C(C)C)cc1)OC)N(C)C(=O)[C@@H](CC(=O)[C@H](C(C)C)N(C)C)C(C)C. The highest BCUT2D eigenvalue weighted by atomic mass is 32.2. The lowest BCUT2D eigenvalue weighted by Gasteiger charge is -2.41. The number of urea groups is 1. The van der Waals surface area contributed by atoms with Gasteiger partial charge in [-0.15, -0.1) is 0 Å². The summed E-state index contributed by atoms with van der Waals surface area (Å²) in [4.78, 5) is 155. The number of carbonyl (C=O) groups excluding carboxylic acids is 11. The van der Waals surface area contributed by atoms with E-state index in [1.807, 2.05) is 60.5 Å². The maximum absolute atomic E-state index is 14.7. The van der Waals surface area contributed by atoms with E-state index in [1.54, 1.807) is 74.2 Å². The summed E-state index contributed by atoms with van der Waals surface area (Å²) in [6, 6.07) is 10.6. The minimum atomic E-state index is -4.61. The Bertz CT molecular complexity index is 3210. The molecule has 2 fully saturated rings. The van der Waals surface area contributed by atoms with E-state index in [0.29, 0.717) is 31.4 Å². The first-order chi connectivity index (χ1) is 48.7. The summed E-state index contributed by atoms with van der Waals surface area (Å²) in [5.74, 6) is -8.02. The normalized spacial score (nSPS) is 17.9. The topological polar surface area (TPSA) is 355 Å². The van der Waals surface area contributed by atoms with Crippen LogP contribution in [0, 0.1) is 47.3 Å². The van der Waals surface area contributed by atoms with Gasteiger partial charge in [0.25, 0.3) is 10.0 Å². The van der Waals surface area contributed by atoms with E-state index in [4.69, 9.17) is 29.4 Å². The molecule has 0 aliphatic carbocycles. The number of thioether (sulfide) groups is 1. The highest BCUT2D eigenvalue weighted by Crippen LogP contribution is 2.33. The zero-order valence-corrected chi connectivity index (χ0v) is 64.9. The zero-order chi connectivity index (χ0) is 76.8. The number of hydrogen-bond acceptors (Lipinski definition) is 20. The van der Waals surface area contributed by atoms with Crippen molar-refractivity contribution in [2.45, 2.75) is 186 Å². The number of benzene rings is 2. The average Bonchev–Trinajstić information content (AvgIpc) is 1.79. The van der Waals surface area contributed by atoms with Crippen molar-refractivity contribution in [3.63, 3.8) is 0 Å². The third-order valence-corrected chi connectivity index (χ3v) is 21.9. The lowest BCUT2D eigenvalue weighted by atomic mass is 9.83. The molecule has 29 heteroatoms. The molecule has 0 spiro atoms. The highest BCUT2D eigenvalue weighted by Gasteiger charge is 2.45. The van der Waals surface area contributed by atoms with Gasteiger partial charge >= 0.3 is 6.03 Å². The number of nitrogens with one attached hydrogen (secondary N) is 4. The zero-order valence-electron chi connectivity index (χ0n) is 63.2. The van der Waals surface area contributed by atoms with E-state index < -0.39 is 106 Å². The number of anilines is 1.